The maximum absolute atomic E-state index is 2.40. The summed E-state index contributed by atoms with van der Waals surface area (Å²) in [6.45, 7) is 9.22. The summed E-state index contributed by atoms with van der Waals surface area (Å²) in [7, 11) is 0. The Morgan fingerprint density at radius 3 is 2.10 bits per heavy atom. The van der Waals surface area contributed by atoms with E-state index >= 15 is 0 Å². The van der Waals surface area contributed by atoms with Gasteiger partial charge >= 0.3 is 0 Å². The van der Waals surface area contributed by atoms with Crippen molar-refractivity contribution >= 4 is 0 Å². The van der Waals surface area contributed by atoms with E-state index in [-0.39, 0.29) is 0 Å². The minimum absolute atomic E-state index is 0.826. The van der Waals surface area contributed by atoms with Crippen molar-refractivity contribution in [1.29, 1.82) is 0 Å². The van der Waals surface area contributed by atoms with E-state index in [1.165, 1.54) is 6.42 Å². The van der Waals surface area contributed by atoms with Gasteiger partial charge in [0.25, 0.3) is 0 Å². The quantitative estimate of drug-likeness (QED) is 0.525. The van der Waals surface area contributed by atoms with Crippen LogP contribution in [-0.2, 0) is 0 Å². The lowest BCUT2D eigenvalue weighted by Gasteiger charge is -2.16. The molecule has 0 aromatic rings. The third-order valence-corrected chi connectivity index (χ3v) is 2.53. The van der Waals surface area contributed by atoms with Gasteiger partial charge in [0.1, 0.15) is 0 Å². The van der Waals surface area contributed by atoms with Crippen molar-refractivity contribution in [2.45, 2.75) is 34.1 Å². The second-order valence-corrected chi connectivity index (χ2v) is 3.71. The predicted molar refractivity (Wildman–Crippen MR) is 45.9 cm³/mol. The first-order chi connectivity index (χ1) is 4.66. The molecule has 0 N–H and O–H groups in total. The number of rotatable bonds is 3. The highest BCUT2D eigenvalue weighted by Gasteiger charge is 2.28. The van der Waals surface area contributed by atoms with Crippen molar-refractivity contribution in [3.05, 3.63) is 11.6 Å². The lowest BCUT2D eigenvalue weighted by Crippen LogP contribution is -2.06. The van der Waals surface area contributed by atoms with Gasteiger partial charge in [0.05, 0.1) is 0 Å². The number of hydrogen-bond donors (Lipinski definition) is 0. The molecule has 0 aliphatic heterocycles. The van der Waals surface area contributed by atoms with Crippen molar-refractivity contribution in [1.82, 2.24) is 0 Å². The van der Waals surface area contributed by atoms with Crippen LogP contribution in [0.15, 0.2) is 11.6 Å². The summed E-state index contributed by atoms with van der Waals surface area (Å²) < 4.78 is 0. The molecular formula is C10H18. The average Bonchev–Trinajstić information content (AvgIpc) is 2.48. The first kappa shape index (κ1) is 7.84. The molecule has 0 fully saturated rings. The van der Waals surface area contributed by atoms with Crippen molar-refractivity contribution in [3.63, 3.8) is 0 Å². The molecule has 1 aliphatic carbocycles. The summed E-state index contributed by atoms with van der Waals surface area (Å²) in [5.74, 6) is 2.53. The first-order valence-corrected chi connectivity index (χ1v) is 4.38. The number of hydrogen-bond acceptors (Lipinski definition) is 0. The van der Waals surface area contributed by atoms with Gasteiger partial charge in [-0.15, -0.1) is 0 Å². The molecule has 0 bridgehead atoms. The molecule has 0 heterocycles. The van der Waals surface area contributed by atoms with E-state index in [4.69, 9.17) is 0 Å². The van der Waals surface area contributed by atoms with E-state index in [1.54, 1.807) is 5.57 Å². The predicted octanol–water partition coefficient (Wildman–Crippen LogP) is 3.24. The van der Waals surface area contributed by atoms with Crippen LogP contribution in [0.1, 0.15) is 34.1 Å². The van der Waals surface area contributed by atoms with Crippen molar-refractivity contribution in [2.24, 2.45) is 17.8 Å². The average molecular weight is 138 g/mol. The second-order valence-electron chi connectivity index (χ2n) is 3.71. The van der Waals surface area contributed by atoms with Crippen LogP contribution in [-0.4, -0.2) is 0 Å². The summed E-state index contributed by atoms with van der Waals surface area (Å²) >= 11 is 0. The van der Waals surface area contributed by atoms with E-state index in [9.17, 15) is 0 Å². The molecule has 2 atom stereocenters. The molecule has 2 unspecified atom stereocenters. The molecule has 0 heteroatoms. The van der Waals surface area contributed by atoms with E-state index in [2.05, 4.69) is 33.8 Å². The fourth-order valence-corrected chi connectivity index (χ4v) is 1.79. The fourth-order valence-electron chi connectivity index (χ4n) is 1.79. The summed E-state index contributed by atoms with van der Waals surface area (Å²) in [6.07, 6.45) is 3.71. The molecule has 0 radical (unpaired) electrons. The topological polar surface area (TPSA) is 0 Å². The summed E-state index contributed by atoms with van der Waals surface area (Å²) in [6, 6.07) is 0. The molecule has 0 nitrogen and oxygen atoms in total. The maximum atomic E-state index is 2.40. The lowest BCUT2D eigenvalue weighted by molar-refractivity contribution is 0.431. The Morgan fingerprint density at radius 2 is 2.00 bits per heavy atom. The summed E-state index contributed by atoms with van der Waals surface area (Å²) in [5, 5.41) is 0. The van der Waals surface area contributed by atoms with Gasteiger partial charge < -0.3 is 0 Å². The van der Waals surface area contributed by atoms with Crippen molar-refractivity contribution in [2.75, 3.05) is 0 Å². The Bertz CT molecular complexity index is 142. The van der Waals surface area contributed by atoms with E-state index in [1.807, 2.05) is 0 Å². The van der Waals surface area contributed by atoms with Crippen LogP contribution < -0.4 is 0 Å². The standard InChI is InChI=1S/C10H18/c1-5-9(7(2)3)10-6-8(10)4/h6-9H,5H2,1-4H3. The highest BCUT2D eigenvalue weighted by Crippen LogP contribution is 2.40. The monoisotopic (exact) mass is 138 g/mol. The van der Waals surface area contributed by atoms with Gasteiger partial charge in [-0.1, -0.05) is 39.3 Å². The SMILES string of the molecule is CCC(C1=CC1C)C(C)C. The van der Waals surface area contributed by atoms with Crippen LogP contribution in [0, 0.1) is 17.8 Å². The van der Waals surface area contributed by atoms with Crippen LogP contribution in [0.3, 0.4) is 0 Å². The number of allylic oxidation sites excluding steroid dienone is 2. The minimum Gasteiger partial charge on any atom is -0.0775 e. The summed E-state index contributed by atoms with van der Waals surface area (Å²) in [4.78, 5) is 0. The normalized spacial score (nSPS) is 26.5. The zero-order chi connectivity index (χ0) is 7.72. The first-order valence-electron chi connectivity index (χ1n) is 4.38. The molecule has 1 rings (SSSR count). The molecule has 10 heavy (non-hydrogen) atoms. The second kappa shape index (κ2) is 2.77. The van der Waals surface area contributed by atoms with Gasteiger partial charge in [-0.05, 0) is 24.2 Å². The Kier molecular flexibility index (Phi) is 2.18. The minimum atomic E-state index is 0.826. The third-order valence-electron chi connectivity index (χ3n) is 2.53. The van der Waals surface area contributed by atoms with Gasteiger partial charge in [0, 0.05) is 0 Å². The van der Waals surface area contributed by atoms with Crippen molar-refractivity contribution in [3.8, 4) is 0 Å². The molecule has 0 saturated heterocycles. The molecule has 0 saturated carbocycles. The van der Waals surface area contributed by atoms with Gasteiger partial charge in [0.2, 0.25) is 0 Å². The van der Waals surface area contributed by atoms with Crippen molar-refractivity contribution < 1.29 is 0 Å². The third kappa shape index (κ3) is 1.42. The van der Waals surface area contributed by atoms with Gasteiger partial charge in [-0.2, -0.15) is 0 Å². The van der Waals surface area contributed by atoms with Crippen LogP contribution in [0.25, 0.3) is 0 Å². The molecule has 1 aliphatic rings. The molecular weight excluding hydrogens is 120 g/mol. The van der Waals surface area contributed by atoms with Crippen LogP contribution in [0.2, 0.25) is 0 Å². The van der Waals surface area contributed by atoms with Gasteiger partial charge in [-0.25, -0.2) is 0 Å². The molecule has 58 valence electrons. The van der Waals surface area contributed by atoms with Gasteiger partial charge in [0.15, 0.2) is 0 Å². The van der Waals surface area contributed by atoms with E-state index < -0.39 is 0 Å². The van der Waals surface area contributed by atoms with Crippen LogP contribution in [0.5, 0.6) is 0 Å². The van der Waals surface area contributed by atoms with Crippen LogP contribution in [0.4, 0.5) is 0 Å². The Labute approximate surface area is 64.3 Å². The Hall–Kier alpha value is -0.260. The Morgan fingerprint density at radius 1 is 1.50 bits per heavy atom. The largest absolute Gasteiger partial charge is 0.0775 e. The van der Waals surface area contributed by atoms with E-state index in [0.717, 1.165) is 17.8 Å². The lowest BCUT2D eigenvalue weighted by atomic mass is 9.89. The van der Waals surface area contributed by atoms with Crippen LogP contribution >= 0.6 is 0 Å². The smallest absolute Gasteiger partial charge is 0.00456 e. The fraction of sp³-hybridized carbons (Fsp3) is 0.800. The molecule has 0 amide bonds. The summed E-state index contributed by atoms with van der Waals surface area (Å²) in [5.41, 5.74) is 1.71. The zero-order valence-electron chi connectivity index (χ0n) is 7.52. The maximum Gasteiger partial charge on any atom is -0.00456 e. The van der Waals surface area contributed by atoms with Gasteiger partial charge in [-0.3, -0.25) is 0 Å². The molecule has 0 aromatic heterocycles. The highest BCUT2D eigenvalue weighted by molar-refractivity contribution is 5.30. The molecule has 0 aromatic carbocycles. The zero-order valence-corrected chi connectivity index (χ0v) is 7.52. The Balaban J connectivity index is 2.43. The molecule has 0 spiro atoms. The van der Waals surface area contributed by atoms with E-state index in [0.29, 0.717) is 0 Å². The highest BCUT2D eigenvalue weighted by atomic mass is 14.3.